The maximum atomic E-state index is 5.47. The summed E-state index contributed by atoms with van der Waals surface area (Å²) < 4.78 is 0. The minimum atomic E-state index is 0. The molecule has 2 heteroatoms. The van der Waals surface area contributed by atoms with Crippen molar-refractivity contribution in [3.8, 4) is 0 Å². The molecule has 1 fully saturated rings. The Morgan fingerprint density at radius 1 is 1.57 bits per heavy atom. The van der Waals surface area contributed by atoms with Crippen molar-refractivity contribution in [1.29, 1.82) is 0 Å². The number of nitrogens with two attached hydrogens (primary N) is 1. The number of hydrogen-bond acceptors (Lipinski definition) is 2. The van der Waals surface area contributed by atoms with Gasteiger partial charge in [0.1, 0.15) is 0 Å². The highest BCUT2D eigenvalue weighted by Crippen LogP contribution is 1.90. The third kappa shape index (κ3) is 1.90. The van der Waals surface area contributed by atoms with Gasteiger partial charge in [-0.3, -0.25) is 0 Å². The maximum absolute atomic E-state index is 5.47. The molecule has 0 aromatic carbocycles. The Bertz CT molecular complexity index is 39.3. The Labute approximate surface area is 45.1 Å². The van der Waals surface area contributed by atoms with Crippen LogP contribution in [0.1, 0.15) is 13.8 Å². The van der Waals surface area contributed by atoms with E-state index in [0.717, 1.165) is 19.5 Å². The molecule has 3 N–H and O–H groups in total. The molecule has 1 atom stereocenters. The van der Waals surface area contributed by atoms with Gasteiger partial charge in [0.2, 0.25) is 0 Å². The first kappa shape index (κ1) is 6.92. The molecule has 0 spiro atoms. The highest BCUT2D eigenvalue weighted by Gasteiger charge is 2.06. The van der Waals surface area contributed by atoms with Gasteiger partial charge in [0.05, 0.1) is 0 Å². The van der Waals surface area contributed by atoms with Crippen LogP contribution in [0.2, 0.25) is 0 Å². The summed E-state index contributed by atoms with van der Waals surface area (Å²) in [6.07, 6.45) is 1.15. The van der Waals surface area contributed by atoms with Crippen LogP contribution in [0.3, 0.4) is 0 Å². The van der Waals surface area contributed by atoms with Gasteiger partial charge in [0, 0.05) is 12.6 Å². The van der Waals surface area contributed by atoms with Crippen molar-refractivity contribution in [1.82, 2.24) is 5.32 Å². The second-order valence-corrected chi connectivity index (χ2v) is 1.75. The predicted octanol–water partition coefficient (Wildman–Crippen LogP) is -0.0569. The lowest BCUT2D eigenvalue weighted by Gasteiger charge is -1.91. The lowest BCUT2D eigenvalue weighted by atomic mass is 10.3. The Hall–Kier alpha value is -0.0800. The molecular formula is C5H14N2. The summed E-state index contributed by atoms with van der Waals surface area (Å²) in [5, 5.41) is 3.15. The van der Waals surface area contributed by atoms with E-state index in [1.165, 1.54) is 0 Å². The Balaban J connectivity index is 0.000000360. The summed E-state index contributed by atoms with van der Waals surface area (Å²) in [7, 11) is 0. The molecule has 2 nitrogen and oxygen atoms in total. The molecule has 7 heavy (non-hydrogen) atoms. The highest BCUT2D eigenvalue weighted by molar-refractivity contribution is 4.72. The average molecular weight is 102 g/mol. The quantitative estimate of drug-likeness (QED) is 0.450. The summed E-state index contributed by atoms with van der Waals surface area (Å²) >= 11 is 0. The number of nitrogens with one attached hydrogen (secondary N) is 1. The monoisotopic (exact) mass is 102 g/mol. The van der Waals surface area contributed by atoms with E-state index in [9.17, 15) is 0 Å². The summed E-state index contributed by atoms with van der Waals surface area (Å²) in [6, 6.07) is 0.435. The molecule has 1 rings (SSSR count). The van der Waals surface area contributed by atoms with E-state index >= 15 is 0 Å². The largest absolute Gasteiger partial charge is 0.327 e. The van der Waals surface area contributed by atoms with Crippen molar-refractivity contribution in [2.24, 2.45) is 5.73 Å². The molecule has 44 valence electrons. The van der Waals surface area contributed by atoms with Crippen LogP contribution in [0.25, 0.3) is 0 Å². The summed E-state index contributed by atoms with van der Waals surface area (Å²) in [5.41, 5.74) is 5.47. The van der Waals surface area contributed by atoms with Crippen molar-refractivity contribution in [3.05, 3.63) is 0 Å². The first-order chi connectivity index (χ1) is 2.89. The second kappa shape index (κ2) is 2.99. The van der Waals surface area contributed by atoms with Crippen molar-refractivity contribution >= 4 is 0 Å². The Kier molecular flexibility index (Phi) is 2.96. The standard InChI is InChI=1S/C4H10N2.CH4/c5-4-1-2-6-3-4;/h4,6H,1-3,5H2;1H4. The highest BCUT2D eigenvalue weighted by atomic mass is 14.9. The molecule has 0 bridgehead atoms. The van der Waals surface area contributed by atoms with E-state index in [0.29, 0.717) is 6.04 Å². The smallest absolute Gasteiger partial charge is 0.0177 e. The minimum Gasteiger partial charge on any atom is -0.327 e. The van der Waals surface area contributed by atoms with Gasteiger partial charge in [0.15, 0.2) is 0 Å². The van der Waals surface area contributed by atoms with Crippen LogP contribution >= 0.6 is 0 Å². The molecule has 1 heterocycles. The van der Waals surface area contributed by atoms with Crippen molar-refractivity contribution < 1.29 is 0 Å². The maximum Gasteiger partial charge on any atom is 0.0177 e. The van der Waals surface area contributed by atoms with E-state index < -0.39 is 0 Å². The van der Waals surface area contributed by atoms with Gasteiger partial charge < -0.3 is 11.1 Å². The molecule has 0 saturated carbocycles. The van der Waals surface area contributed by atoms with Crippen LogP contribution in [0, 0.1) is 0 Å². The third-order valence-electron chi connectivity index (χ3n) is 1.10. The molecular weight excluding hydrogens is 88.1 g/mol. The fraction of sp³-hybridized carbons (Fsp3) is 1.00. The van der Waals surface area contributed by atoms with Gasteiger partial charge in [-0.25, -0.2) is 0 Å². The fourth-order valence-corrected chi connectivity index (χ4v) is 0.677. The summed E-state index contributed by atoms with van der Waals surface area (Å²) in [6.45, 7) is 2.13. The third-order valence-corrected chi connectivity index (χ3v) is 1.10. The lowest BCUT2D eigenvalue weighted by Crippen LogP contribution is -2.21. The molecule has 0 amide bonds. The van der Waals surface area contributed by atoms with Gasteiger partial charge in [-0.05, 0) is 13.0 Å². The Morgan fingerprint density at radius 2 is 2.29 bits per heavy atom. The first-order valence-corrected chi connectivity index (χ1v) is 2.36. The SMILES string of the molecule is C.NC1CCNC1. The lowest BCUT2D eigenvalue weighted by molar-refractivity contribution is 0.742. The van der Waals surface area contributed by atoms with Crippen LogP contribution in [0.15, 0.2) is 0 Å². The van der Waals surface area contributed by atoms with Gasteiger partial charge in [0.25, 0.3) is 0 Å². The topological polar surface area (TPSA) is 38.0 Å². The molecule has 0 radical (unpaired) electrons. The van der Waals surface area contributed by atoms with Gasteiger partial charge in [-0.1, -0.05) is 7.43 Å². The van der Waals surface area contributed by atoms with Crippen molar-refractivity contribution in [3.63, 3.8) is 0 Å². The average Bonchev–Trinajstić information content (AvgIpc) is 1.86. The molecule has 1 saturated heterocycles. The zero-order valence-electron chi connectivity index (χ0n) is 3.78. The Morgan fingerprint density at radius 3 is 2.43 bits per heavy atom. The van der Waals surface area contributed by atoms with Gasteiger partial charge in [-0.2, -0.15) is 0 Å². The molecule has 1 aliphatic heterocycles. The molecule has 0 aliphatic carbocycles. The predicted molar refractivity (Wildman–Crippen MR) is 32.2 cm³/mol. The van der Waals surface area contributed by atoms with E-state index in [1.807, 2.05) is 0 Å². The number of hydrogen-bond donors (Lipinski definition) is 2. The molecule has 1 aliphatic rings. The van der Waals surface area contributed by atoms with Gasteiger partial charge >= 0.3 is 0 Å². The van der Waals surface area contributed by atoms with Gasteiger partial charge in [-0.15, -0.1) is 0 Å². The van der Waals surface area contributed by atoms with E-state index in [2.05, 4.69) is 5.32 Å². The van der Waals surface area contributed by atoms with E-state index in [1.54, 1.807) is 0 Å². The molecule has 0 aromatic rings. The minimum absolute atomic E-state index is 0. The van der Waals surface area contributed by atoms with E-state index in [-0.39, 0.29) is 7.43 Å². The number of rotatable bonds is 0. The second-order valence-electron chi connectivity index (χ2n) is 1.75. The fourth-order valence-electron chi connectivity index (χ4n) is 0.677. The first-order valence-electron chi connectivity index (χ1n) is 2.36. The normalized spacial score (nSPS) is 29.6. The van der Waals surface area contributed by atoms with Crippen LogP contribution in [0.4, 0.5) is 0 Å². The van der Waals surface area contributed by atoms with Crippen LogP contribution in [-0.2, 0) is 0 Å². The van der Waals surface area contributed by atoms with E-state index in [4.69, 9.17) is 5.73 Å². The van der Waals surface area contributed by atoms with Crippen LogP contribution in [0.5, 0.6) is 0 Å². The van der Waals surface area contributed by atoms with Crippen molar-refractivity contribution in [2.45, 2.75) is 19.9 Å². The zero-order valence-corrected chi connectivity index (χ0v) is 3.78. The van der Waals surface area contributed by atoms with Crippen LogP contribution < -0.4 is 11.1 Å². The molecule has 0 aromatic heterocycles. The molecule has 1 unspecified atom stereocenters. The summed E-state index contributed by atoms with van der Waals surface area (Å²) in [5.74, 6) is 0. The van der Waals surface area contributed by atoms with Crippen molar-refractivity contribution in [2.75, 3.05) is 13.1 Å². The van der Waals surface area contributed by atoms with Crippen LogP contribution in [-0.4, -0.2) is 19.1 Å². The zero-order chi connectivity index (χ0) is 4.41. The summed E-state index contributed by atoms with van der Waals surface area (Å²) in [4.78, 5) is 0.